The third-order valence-corrected chi connectivity index (χ3v) is 13.8. The first-order valence-corrected chi connectivity index (χ1v) is 30.7. The second kappa shape index (κ2) is 53.3. The van der Waals surface area contributed by atoms with Gasteiger partial charge < -0.3 is 24.2 Å². The van der Waals surface area contributed by atoms with Gasteiger partial charge in [0.05, 0.1) is 19.8 Å². The van der Waals surface area contributed by atoms with Crippen molar-refractivity contribution in [2.24, 2.45) is 0 Å². The molecule has 2 N–H and O–H groups in total. The molecule has 11 nitrogen and oxygen atoms in total. The van der Waals surface area contributed by atoms with E-state index in [1.807, 2.05) is 0 Å². The molecule has 0 saturated carbocycles. The summed E-state index contributed by atoms with van der Waals surface area (Å²) in [5.74, 6) is -1.46. The number of ether oxygens (including phenoxy) is 3. The zero-order valence-corrected chi connectivity index (χ0v) is 46.4. The Balaban J connectivity index is 4.69. The lowest BCUT2D eigenvalue weighted by molar-refractivity contribution is -0.161. The second-order valence-corrected chi connectivity index (χ2v) is 21.3. The predicted molar refractivity (Wildman–Crippen MR) is 289 cm³/mol. The number of carbonyl (C=O) groups excluding carboxylic acids is 3. The van der Waals surface area contributed by atoms with Gasteiger partial charge in [0.25, 0.3) is 0 Å². The lowest BCUT2D eigenvalue weighted by atomic mass is 10.0. The summed E-state index contributed by atoms with van der Waals surface area (Å²) < 4.78 is 39.5. The fourth-order valence-electron chi connectivity index (χ4n) is 8.35. The highest BCUT2D eigenvalue weighted by Gasteiger charge is 2.28. The highest BCUT2D eigenvalue weighted by molar-refractivity contribution is 7.47. The monoisotopic (exact) mass is 1010 g/mol. The molecule has 0 rings (SSSR count). The van der Waals surface area contributed by atoms with E-state index >= 15 is 0 Å². The van der Waals surface area contributed by atoms with Gasteiger partial charge in [-0.3, -0.25) is 23.4 Å². The summed E-state index contributed by atoms with van der Waals surface area (Å²) in [4.78, 5) is 48.5. The third-order valence-electron chi connectivity index (χ3n) is 12.8. The molecule has 12 heteroatoms. The molecule has 3 atom stereocenters. The van der Waals surface area contributed by atoms with Crippen LogP contribution in [0.1, 0.15) is 290 Å². The van der Waals surface area contributed by atoms with Crippen LogP contribution in [0.15, 0.2) is 24.3 Å². The summed E-state index contributed by atoms with van der Waals surface area (Å²) in [6.07, 6.45) is 52.7. The van der Waals surface area contributed by atoms with Gasteiger partial charge in [-0.15, -0.1) is 0 Å². The molecule has 0 heterocycles. The Hall–Kier alpha value is -2.04. The quantitative estimate of drug-likeness (QED) is 0.0197. The standard InChI is InChI=1S/C58H109O11P/c1-4-7-10-13-16-19-22-25-27-30-33-36-39-42-45-48-57(61)68-54(50-59)52-66-70(63,64)67-53-55(51-65-56(60)47-44-41-38-35-32-29-24-21-18-15-12-9-6-3)69-58(62)49-46-43-40-37-34-31-28-26-23-20-17-14-11-8-5-2/h25-28,54-55,59H,4-24,29-53H2,1-3H3,(H,63,64)/b27-25-,28-26-. The van der Waals surface area contributed by atoms with Crippen LogP contribution >= 0.6 is 7.82 Å². The van der Waals surface area contributed by atoms with Gasteiger partial charge in [-0.25, -0.2) is 4.57 Å². The molecule has 0 aliphatic rings. The van der Waals surface area contributed by atoms with Gasteiger partial charge in [0.1, 0.15) is 12.7 Å². The van der Waals surface area contributed by atoms with E-state index in [-0.39, 0.29) is 25.9 Å². The number of aliphatic hydroxyl groups is 1. The van der Waals surface area contributed by atoms with Crippen molar-refractivity contribution in [3.05, 3.63) is 24.3 Å². The summed E-state index contributed by atoms with van der Waals surface area (Å²) >= 11 is 0. The van der Waals surface area contributed by atoms with Crippen LogP contribution in [0.25, 0.3) is 0 Å². The van der Waals surface area contributed by atoms with Crippen LogP contribution in [0.3, 0.4) is 0 Å². The number of esters is 3. The van der Waals surface area contributed by atoms with Crippen molar-refractivity contribution in [3.63, 3.8) is 0 Å². The van der Waals surface area contributed by atoms with Gasteiger partial charge in [-0.2, -0.15) is 0 Å². The van der Waals surface area contributed by atoms with E-state index in [4.69, 9.17) is 23.3 Å². The smallest absolute Gasteiger partial charge is 0.462 e. The van der Waals surface area contributed by atoms with E-state index in [1.54, 1.807) is 0 Å². The molecule has 70 heavy (non-hydrogen) atoms. The van der Waals surface area contributed by atoms with Crippen LogP contribution < -0.4 is 0 Å². The number of phosphoric acid groups is 1. The van der Waals surface area contributed by atoms with Crippen LogP contribution in [0.2, 0.25) is 0 Å². The van der Waals surface area contributed by atoms with E-state index in [1.165, 1.54) is 135 Å². The van der Waals surface area contributed by atoms with Crippen molar-refractivity contribution in [2.45, 2.75) is 303 Å². The number of allylic oxidation sites excluding steroid dienone is 4. The predicted octanol–water partition coefficient (Wildman–Crippen LogP) is 17.0. The molecule has 0 fully saturated rings. The first-order valence-electron chi connectivity index (χ1n) is 29.2. The molecule has 0 aliphatic heterocycles. The lowest BCUT2D eigenvalue weighted by Crippen LogP contribution is -2.30. The van der Waals surface area contributed by atoms with Crippen molar-refractivity contribution < 1.29 is 52.2 Å². The molecule has 0 saturated heterocycles. The number of unbranched alkanes of at least 4 members (excludes halogenated alkanes) is 34. The molecule has 0 aromatic rings. The van der Waals surface area contributed by atoms with Crippen molar-refractivity contribution in [1.82, 2.24) is 0 Å². The number of carbonyl (C=O) groups is 3. The largest absolute Gasteiger partial charge is 0.472 e. The van der Waals surface area contributed by atoms with Gasteiger partial charge in [-0.05, 0) is 70.6 Å². The van der Waals surface area contributed by atoms with E-state index in [9.17, 15) is 28.9 Å². The second-order valence-electron chi connectivity index (χ2n) is 19.8. The summed E-state index contributed by atoms with van der Waals surface area (Å²) in [7, 11) is -4.74. The normalized spacial score (nSPS) is 13.5. The van der Waals surface area contributed by atoms with Crippen molar-refractivity contribution in [1.29, 1.82) is 0 Å². The SMILES string of the molecule is CCCCCCCC/C=C\CCCCCCCC(=O)OC(CO)COP(=O)(O)OCC(COC(=O)CCCCCCCCCCCCCCC)OC(=O)CCCCCCC/C=C\CCCCCCCC. The molecule has 0 radical (unpaired) electrons. The highest BCUT2D eigenvalue weighted by atomic mass is 31.2. The maximum atomic E-state index is 12.9. The number of aliphatic hydroxyl groups excluding tert-OH is 1. The maximum absolute atomic E-state index is 12.9. The Bertz CT molecular complexity index is 1270. The maximum Gasteiger partial charge on any atom is 0.472 e. The Morgan fingerprint density at radius 3 is 0.986 bits per heavy atom. The Labute approximate surface area is 429 Å². The zero-order chi connectivity index (χ0) is 51.3. The van der Waals surface area contributed by atoms with Crippen molar-refractivity contribution in [3.8, 4) is 0 Å². The van der Waals surface area contributed by atoms with Gasteiger partial charge in [0.2, 0.25) is 0 Å². The zero-order valence-electron chi connectivity index (χ0n) is 45.5. The molecule has 0 bridgehead atoms. The summed E-state index contributed by atoms with van der Waals surface area (Å²) in [6, 6.07) is 0. The lowest BCUT2D eigenvalue weighted by Gasteiger charge is -2.21. The summed E-state index contributed by atoms with van der Waals surface area (Å²) in [5.41, 5.74) is 0. The first kappa shape index (κ1) is 68.0. The number of hydrogen-bond donors (Lipinski definition) is 2. The minimum absolute atomic E-state index is 0.162. The summed E-state index contributed by atoms with van der Waals surface area (Å²) in [5, 5.41) is 9.81. The molecule has 0 aromatic heterocycles. The van der Waals surface area contributed by atoms with Crippen LogP contribution in [-0.2, 0) is 42.2 Å². The van der Waals surface area contributed by atoms with Crippen LogP contribution in [0.5, 0.6) is 0 Å². The van der Waals surface area contributed by atoms with E-state index in [0.29, 0.717) is 19.3 Å². The van der Waals surface area contributed by atoms with Gasteiger partial charge >= 0.3 is 25.7 Å². The fraction of sp³-hybridized carbons (Fsp3) is 0.879. The third kappa shape index (κ3) is 50.9. The van der Waals surface area contributed by atoms with Gasteiger partial charge in [-0.1, -0.05) is 225 Å². The van der Waals surface area contributed by atoms with Gasteiger partial charge in [0.15, 0.2) is 6.10 Å². The fourth-order valence-corrected chi connectivity index (χ4v) is 9.13. The average molecular weight is 1010 g/mol. The van der Waals surface area contributed by atoms with Crippen LogP contribution in [-0.4, -0.2) is 66.5 Å². The highest BCUT2D eigenvalue weighted by Crippen LogP contribution is 2.43. The minimum Gasteiger partial charge on any atom is -0.462 e. The molecule has 0 aliphatic carbocycles. The molecule has 0 aromatic carbocycles. The average Bonchev–Trinajstić information content (AvgIpc) is 3.35. The molecular weight excluding hydrogens is 904 g/mol. The molecule has 0 spiro atoms. The van der Waals surface area contributed by atoms with E-state index in [2.05, 4.69) is 45.1 Å². The first-order chi connectivity index (χ1) is 34.2. The van der Waals surface area contributed by atoms with Crippen molar-refractivity contribution in [2.75, 3.05) is 26.4 Å². The van der Waals surface area contributed by atoms with Gasteiger partial charge in [0, 0.05) is 19.3 Å². The molecule has 0 amide bonds. The Kier molecular flexibility index (Phi) is 51.7. The Morgan fingerprint density at radius 1 is 0.386 bits per heavy atom. The van der Waals surface area contributed by atoms with E-state index < -0.39 is 57.8 Å². The Morgan fingerprint density at radius 2 is 0.657 bits per heavy atom. The van der Waals surface area contributed by atoms with Crippen molar-refractivity contribution >= 4 is 25.7 Å². The molecule has 412 valence electrons. The number of rotatable bonds is 55. The molecular formula is C58H109O11P. The van der Waals surface area contributed by atoms with Crippen LogP contribution in [0, 0.1) is 0 Å². The number of phosphoric ester groups is 1. The number of hydrogen-bond acceptors (Lipinski definition) is 10. The minimum atomic E-state index is -4.74. The van der Waals surface area contributed by atoms with E-state index in [0.717, 1.165) is 96.3 Å². The van der Waals surface area contributed by atoms with Crippen LogP contribution in [0.4, 0.5) is 0 Å². The topological polar surface area (TPSA) is 155 Å². The molecule has 3 unspecified atom stereocenters. The summed E-state index contributed by atoms with van der Waals surface area (Å²) in [6.45, 7) is 4.66.